The summed E-state index contributed by atoms with van der Waals surface area (Å²) < 4.78 is 37.1. The molecule has 254 valence electrons. The third-order valence-corrected chi connectivity index (χ3v) is 8.74. The molecule has 0 aliphatic rings. The summed E-state index contributed by atoms with van der Waals surface area (Å²) in [5, 5.41) is 0. The third-order valence-electron chi connectivity index (χ3n) is 7.94. The van der Waals surface area contributed by atoms with Crippen molar-refractivity contribution in [3.05, 3.63) is 106 Å². The van der Waals surface area contributed by atoms with Crippen LogP contribution in [0.1, 0.15) is 95.8 Å². The molecular weight excluding hydrogens is 614 g/mol. The summed E-state index contributed by atoms with van der Waals surface area (Å²) in [6.07, 6.45) is 3.43. The molecule has 8 nitrogen and oxygen atoms in total. The molecule has 0 unspecified atom stereocenters. The second-order valence-corrected chi connectivity index (χ2v) is 14.9. The lowest BCUT2D eigenvalue weighted by Crippen LogP contribution is -2.34. The molecule has 0 bridgehead atoms. The number of hydrogen-bond donors (Lipinski definition) is 1. The van der Waals surface area contributed by atoms with Crippen LogP contribution in [0.5, 0.6) is 0 Å². The number of esters is 1. The molecule has 9 heteroatoms. The number of aryl methyl sites for hydroxylation is 4. The molecular formula is C38H49NO7S. The van der Waals surface area contributed by atoms with E-state index in [0.717, 1.165) is 12.8 Å². The van der Waals surface area contributed by atoms with Gasteiger partial charge in [-0.1, -0.05) is 71.8 Å². The summed E-state index contributed by atoms with van der Waals surface area (Å²) in [7, 11) is -4.19. The standard InChI is InChI=1S/C38H49NO7S/c1-28-9-13-30(14-10-28)17-19-32(20-18-31-15-11-29(2)12-16-31)36(41)33-21-23-34(24-22-33)37(42)39(26-7-27-47(43,44)45)25-6-8-35(40)46-38(3,4)5/h9-16,21-24,32H,6-8,17-20,25-27H2,1-5H3,(H,43,44,45). The van der Waals surface area contributed by atoms with Crippen molar-refractivity contribution >= 4 is 27.8 Å². The van der Waals surface area contributed by atoms with Crippen LogP contribution in [-0.2, 0) is 32.5 Å². The van der Waals surface area contributed by atoms with Crippen molar-refractivity contribution in [3.8, 4) is 0 Å². The minimum atomic E-state index is -4.19. The van der Waals surface area contributed by atoms with Crippen LogP contribution < -0.4 is 0 Å². The molecule has 0 radical (unpaired) electrons. The van der Waals surface area contributed by atoms with Gasteiger partial charge >= 0.3 is 5.97 Å². The van der Waals surface area contributed by atoms with Gasteiger partial charge in [0, 0.05) is 36.6 Å². The van der Waals surface area contributed by atoms with E-state index in [9.17, 15) is 27.4 Å². The van der Waals surface area contributed by atoms with E-state index in [4.69, 9.17) is 4.74 Å². The molecule has 0 saturated heterocycles. The SMILES string of the molecule is Cc1ccc(CCC(CCc2ccc(C)cc2)C(=O)c2ccc(C(=O)N(CCCC(=O)OC(C)(C)C)CCCS(=O)(=O)O)cc2)cc1. The number of carbonyl (C=O) groups excluding carboxylic acids is 3. The number of amides is 1. The fourth-order valence-corrected chi connectivity index (χ4v) is 5.85. The maximum absolute atomic E-state index is 13.8. The van der Waals surface area contributed by atoms with Gasteiger partial charge in [0.15, 0.2) is 5.78 Å². The monoisotopic (exact) mass is 663 g/mol. The Kier molecular flexibility index (Phi) is 13.9. The fourth-order valence-electron chi connectivity index (χ4n) is 5.35. The van der Waals surface area contributed by atoms with Gasteiger partial charge in [0.2, 0.25) is 0 Å². The van der Waals surface area contributed by atoms with Crippen molar-refractivity contribution in [3.63, 3.8) is 0 Å². The number of nitrogens with zero attached hydrogens (tertiary/aromatic N) is 1. The van der Waals surface area contributed by atoms with E-state index < -0.39 is 21.5 Å². The maximum Gasteiger partial charge on any atom is 0.306 e. The number of benzene rings is 3. The van der Waals surface area contributed by atoms with Gasteiger partial charge in [-0.2, -0.15) is 8.42 Å². The number of Topliss-reactive ketones (excluding diaryl/α,β-unsaturated/α-hetero) is 1. The Morgan fingerprint density at radius 1 is 0.745 bits per heavy atom. The Balaban J connectivity index is 1.73. The van der Waals surface area contributed by atoms with E-state index in [1.54, 1.807) is 45.0 Å². The predicted octanol–water partition coefficient (Wildman–Crippen LogP) is 7.21. The Morgan fingerprint density at radius 3 is 1.68 bits per heavy atom. The first kappa shape index (κ1) is 37.6. The molecule has 1 amide bonds. The van der Waals surface area contributed by atoms with Crippen molar-refractivity contribution in [2.45, 2.75) is 85.2 Å². The van der Waals surface area contributed by atoms with Crippen molar-refractivity contribution in [1.82, 2.24) is 4.90 Å². The first-order valence-corrected chi connectivity index (χ1v) is 17.9. The quantitative estimate of drug-likeness (QED) is 0.0921. The van der Waals surface area contributed by atoms with Crippen LogP contribution in [-0.4, -0.2) is 60.0 Å². The summed E-state index contributed by atoms with van der Waals surface area (Å²) in [6, 6.07) is 23.3. The second-order valence-electron chi connectivity index (χ2n) is 13.3. The zero-order chi connectivity index (χ0) is 34.6. The van der Waals surface area contributed by atoms with E-state index in [1.165, 1.54) is 27.2 Å². The number of ether oxygens (including phenoxy) is 1. The third kappa shape index (κ3) is 13.8. The molecule has 3 rings (SSSR count). The first-order valence-electron chi connectivity index (χ1n) is 16.3. The van der Waals surface area contributed by atoms with Crippen LogP contribution in [0.3, 0.4) is 0 Å². The zero-order valence-corrected chi connectivity index (χ0v) is 29.1. The maximum atomic E-state index is 13.8. The van der Waals surface area contributed by atoms with Gasteiger partial charge < -0.3 is 9.64 Å². The molecule has 1 N–H and O–H groups in total. The second kappa shape index (κ2) is 17.4. The largest absolute Gasteiger partial charge is 0.460 e. The van der Waals surface area contributed by atoms with Crippen molar-refractivity contribution < 1.29 is 32.1 Å². The van der Waals surface area contributed by atoms with Crippen LogP contribution in [0, 0.1) is 19.8 Å². The van der Waals surface area contributed by atoms with Crippen molar-refractivity contribution in [2.24, 2.45) is 5.92 Å². The van der Waals surface area contributed by atoms with Crippen LogP contribution in [0.4, 0.5) is 0 Å². The molecule has 0 aromatic heterocycles. The summed E-state index contributed by atoms with van der Waals surface area (Å²) in [5.74, 6) is -1.39. The number of ketones is 1. The summed E-state index contributed by atoms with van der Waals surface area (Å²) in [5.41, 5.74) is 5.01. The van der Waals surface area contributed by atoms with E-state index in [0.29, 0.717) is 30.4 Å². The molecule has 47 heavy (non-hydrogen) atoms. The van der Waals surface area contributed by atoms with Crippen LogP contribution in [0.2, 0.25) is 0 Å². The minimum Gasteiger partial charge on any atom is -0.460 e. The molecule has 0 aliphatic carbocycles. The van der Waals surface area contributed by atoms with E-state index in [-0.39, 0.29) is 49.5 Å². The highest BCUT2D eigenvalue weighted by molar-refractivity contribution is 7.85. The van der Waals surface area contributed by atoms with Crippen LogP contribution in [0.15, 0.2) is 72.8 Å². The Bertz CT molecular complexity index is 1520. The van der Waals surface area contributed by atoms with Crippen LogP contribution in [0.25, 0.3) is 0 Å². The van der Waals surface area contributed by atoms with Gasteiger partial charge in [0.1, 0.15) is 5.60 Å². The Hall–Kier alpha value is -3.82. The van der Waals surface area contributed by atoms with E-state index in [1.807, 2.05) is 0 Å². The normalized spacial score (nSPS) is 11.8. The average Bonchev–Trinajstić information content (AvgIpc) is 3.00. The molecule has 0 fully saturated rings. The number of carbonyl (C=O) groups is 3. The van der Waals surface area contributed by atoms with Crippen molar-refractivity contribution in [1.29, 1.82) is 0 Å². The summed E-state index contributed by atoms with van der Waals surface area (Å²) in [4.78, 5) is 41.0. The molecule has 0 aliphatic heterocycles. The number of rotatable bonds is 17. The van der Waals surface area contributed by atoms with E-state index >= 15 is 0 Å². The Labute approximate surface area is 280 Å². The lowest BCUT2D eigenvalue weighted by molar-refractivity contribution is -0.155. The highest BCUT2D eigenvalue weighted by Crippen LogP contribution is 2.23. The van der Waals surface area contributed by atoms with Gasteiger partial charge in [-0.25, -0.2) is 0 Å². The highest BCUT2D eigenvalue weighted by atomic mass is 32.2. The molecule has 0 saturated carbocycles. The van der Waals surface area contributed by atoms with Crippen LogP contribution >= 0.6 is 0 Å². The fraction of sp³-hybridized carbons (Fsp3) is 0.447. The Morgan fingerprint density at radius 2 is 1.21 bits per heavy atom. The minimum absolute atomic E-state index is 0.0330. The van der Waals surface area contributed by atoms with Gasteiger partial charge in [-0.15, -0.1) is 0 Å². The lowest BCUT2D eigenvalue weighted by atomic mass is 9.86. The summed E-state index contributed by atoms with van der Waals surface area (Å²) >= 11 is 0. The topological polar surface area (TPSA) is 118 Å². The van der Waals surface area contributed by atoms with Gasteiger partial charge in [0.05, 0.1) is 5.75 Å². The van der Waals surface area contributed by atoms with Crippen molar-refractivity contribution in [2.75, 3.05) is 18.8 Å². The molecule has 3 aromatic carbocycles. The summed E-state index contributed by atoms with van der Waals surface area (Å²) in [6.45, 7) is 9.71. The molecule has 0 heterocycles. The molecule has 3 aromatic rings. The number of hydrogen-bond acceptors (Lipinski definition) is 6. The highest BCUT2D eigenvalue weighted by Gasteiger charge is 2.23. The predicted molar refractivity (Wildman–Crippen MR) is 185 cm³/mol. The lowest BCUT2D eigenvalue weighted by Gasteiger charge is -2.24. The smallest absolute Gasteiger partial charge is 0.306 e. The molecule has 0 atom stereocenters. The average molecular weight is 664 g/mol. The van der Waals surface area contributed by atoms with Gasteiger partial charge in [-0.3, -0.25) is 18.9 Å². The van der Waals surface area contributed by atoms with Gasteiger partial charge in [0.25, 0.3) is 16.0 Å². The van der Waals surface area contributed by atoms with E-state index in [2.05, 4.69) is 62.4 Å². The zero-order valence-electron chi connectivity index (χ0n) is 28.3. The van der Waals surface area contributed by atoms with Gasteiger partial charge in [-0.05, 0) is 96.4 Å². The first-order chi connectivity index (χ1) is 22.1. The molecule has 0 spiro atoms.